The van der Waals surface area contributed by atoms with Gasteiger partial charge < -0.3 is 18.2 Å². The van der Waals surface area contributed by atoms with Gasteiger partial charge >= 0.3 is 0 Å². The van der Waals surface area contributed by atoms with E-state index in [-0.39, 0.29) is 0 Å². The van der Waals surface area contributed by atoms with Crippen molar-refractivity contribution in [1.29, 1.82) is 0 Å². The van der Waals surface area contributed by atoms with Crippen molar-refractivity contribution in [2.75, 3.05) is 4.90 Å². The fourth-order valence-electron chi connectivity index (χ4n) is 7.82. The van der Waals surface area contributed by atoms with Gasteiger partial charge in [-0.05, 0) is 76.9 Å². The highest BCUT2D eigenvalue weighted by molar-refractivity contribution is 6.20. The van der Waals surface area contributed by atoms with Gasteiger partial charge in [-0.2, -0.15) is 0 Å². The van der Waals surface area contributed by atoms with Crippen LogP contribution in [0.4, 0.5) is 17.1 Å². The van der Waals surface area contributed by atoms with Crippen LogP contribution in [0, 0.1) is 0 Å². The minimum Gasteiger partial charge on any atom is -0.456 e. The average molecular weight is 695 g/mol. The number of oxazole rings is 1. The van der Waals surface area contributed by atoms with Crippen LogP contribution < -0.4 is 4.90 Å². The molecular weight excluding hydrogens is 665 g/mol. The molecule has 0 N–H and O–H groups in total. The molecule has 54 heavy (non-hydrogen) atoms. The molecular formula is C49H30N2O3. The van der Waals surface area contributed by atoms with Crippen molar-refractivity contribution in [2.45, 2.75) is 0 Å². The van der Waals surface area contributed by atoms with E-state index in [1.165, 1.54) is 16.7 Å². The van der Waals surface area contributed by atoms with Crippen LogP contribution in [0.1, 0.15) is 0 Å². The average Bonchev–Trinajstić information content (AvgIpc) is 3.95. The number of benzene rings is 8. The van der Waals surface area contributed by atoms with Gasteiger partial charge in [-0.1, -0.05) is 121 Å². The van der Waals surface area contributed by atoms with Gasteiger partial charge in [0.25, 0.3) is 0 Å². The Labute approximate surface area is 309 Å². The quantitative estimate of drug-likeness (QED) is 0.173. The molecule has 0 unspecified atom stereocenters. The van der Waals surface area contributed by atoms with Crippen molar-refractivity contribution < 1.29 is 13.3 Å². The van der Waals surface area contributed by atoms with Gasteiger partial charge in [-0.25, -0.2) is 4.98 Å². The zero-order valence-corrected chi connectivity index (χ0v) is 28.9. The normalized spacial score (nSPS) is 11.7. The largest absolute Gasteiger partial charge is 0.456 e. The van der Waals surface area contributed by atoms with Gasteiger partial charge in [-0.15, -0.1) is 0 Å². The summed E-state index contributed by atoms with van der Waals surface area (Å²) < 4.78 is 19.7. The zero-order chi connectivity index (χ0) is 35.6. The Morgan fingerprint density at radius 3 is 1.69 bits per heavy atom. The minimum atomic E-state index is 0.549. The van der Waals surface area contributed by atoms with Gasteiger partial charge in [0.1, 0.15) is 33.5 Å². The number of hydrogen-bond acceptors (Lipinski definition) is 5. The fraction of sp³-hybridized carbons (Fsp3) is 0. The van der Waals surface area contributed by atoms with Gasteiger partial charge in [0.2, 0.25) is 5.89 Å². The molecule has 0 radical (unpaired) electrons. The van der Waals surface area contributed by atoms with E-state index in [1.54, 1.807) is 0 Å². The highest BCUT2D eigenvalue weighted by Gasteiger charge is 2.27. The summed E-state index contributed by atoms with van der Waals surface area (Å²) in [5, 5.41) is 4.04. The Balaban J connectivity index is 1.19. The van der Waals surface area contributed by atoms with Crippen molar-refractivity contribution in [3.8, 4) is 33.7 Å². The van der Waals surface area contributed by atoms with E-state index < -0.39 is 0 Å². The van der Waals surface area contributed by atoms with Crippen molar-refractivity contribution in [3.05, 3.63) is 182 Å². The maximum Gasteiger partial charge on any atom is 0.227 e. The zero-order valence-electron chi connectivity index (χ0n) is 28.9. The first-order valence-corrected chi connectivity index (χ1v) is 18.0. The molecule has 11 aromatic rings. The maximum atomic E-state index is 6.82. The van der Waals surface area contributed by atoms with E-state index in [9.17, 15) is 0 Å². The van der Waals surface area contributed by atoms with Gasteiger partial charge in [-0.3, -0.25) is 0 Å². The predicted molar refractivity (Wildman–Crippen MR) is 220 cm³/mol. The van der Waals surface area contributed by atoms with Gasteiger partial charge in [0.05, 0.1) is 5.39 Å². The van der Waals surface area contributed by atoms with Gasteiger partial charge in [0.15, 0.2) is 5.58 Å². The molecule has 0 saturated carbocycles. The third-order valence-corrected chi connectivity index (χ3v) is 10.3. The molecule has 11 rings (SSSR count). The summed E-state index contributed by atoms with van der Waals surface area (Å²) in [5.74, 6) is 0.549. The van der Waals surface area contributed by atoms with E-state index in [4.69, 9.17) is 18.2 Å². The molecule has 8 aromatic carbocycles. The molecule has 5 heteroatoms. The molecule has 0 saturated heterocycles. The van der Waals surface area contributed by atoms with E-state index in [0.29, 0.717) is 17.0 Å². The van der Waals surface area contributed by atoms with E-state index in [2.05, 4.69) is 120 Å². The summed E-state index contributed by atoms with van der Waals surface area (Å²) in [7, 11) is 0. The second kappa shape index (κ2) is 12.1. The fourth-order valence-corrected chi connectivity index (χ4v) is 7.82. The van der Waals surface area contributed by atoms with Crippen LogP contribution in [0.5, 0.6) is 0 Å². The second-order valence-electron chi connectivity index (χ2n) is 13.5. The lowest BCUT2D eigenvalue weighted by Gasteiger charge is -2.26. The van der Waals surface area contributed by atoms with Crippen LogP contribution in [-0.2, 0) is 0 Å². The van der Waals surface area contributed by atoms with E-state index in [1.807, 2.05) is 66.7 Å². The minimum absolute atomic E-state index is 0.549. The summed E-state index contributed by atoms with van der Waals surface area (Å²) in [6, 6.07) is 62.7. The monoisotopic (exact) mass is 694 g/mol. The van der Waals surface area contributed by atoms with Crippen LogP contribution in [0.3, 0.4) is 0 Å². The van der Waals surface area contributed by atoms with Crippen LogP contribution in [0.2, 0.25) is 0 Å². The van der Waals surface area contributed by atoms with Gasteiger partial charge in [0, 0.05) is 39.2 Å². The number of para-hydroxylation sites is 2. The number of rotatable bonds is 6. The number of anilines is 3. The third kappa shape index (κ3) is 4.83. The summed E-state index contributed by atoms with van der Waals surface area (Å²) in [6.45, 7) is 0. The van der Waals surface area contributed by atoms with Crippen LogP contribution in [0.25, 0.3) is 88.7 Å². The molecule has 0 amide bonds. The van der Waals surface area contributed by atoms with Crippen molar-refractivity contribution in [3.63, 3.8) is 0 Å². The molecule has 0 spiro atoms. The van der Waals surface area contributed by atoms with Crippen LogP contribution in [0.15, 0.2) is 195 Å². The second-order valence-corrected chi connectivity index (χ2v) is 13.5. The Kier molecular flexibility index (Phi) is 6.79. The Hall–Kier alpha value is -7.37. The number of aromatic nitrogens is 1. The van der Waals surface area contributed by atoms with Crippen LogP contribution >= 0.6 is 0 Å². The highest BCUT2D eigenvalue weighted by atomic mass is 16.4. The lowest BCUT2D eigenvalue weighted by molar-refractivity contribution is 0.620. The summed E-state index contributed by atoms with van der Waals surface area (Å²) >= 11 is 0. The molecule has 0 atom stereocenters. The molecule has 0 aliphatic heterocycles. The number of fused-ring (bicyclic) bond motifs is 7. The molecule has 0 bridgehead atoms. The molecule has 0 aliphatic carbocycles. The van der Waals surface area contributed by atoms with E-state index >= 15 is 0 Å². The third-order valence-electron chi connectivity index (χ3n) is 10.3. The number of nitrogens with zero attached hydrogens (tertiary/aromatic N) is 2. The first-order chi connectivity index (χ1) is 26.8. The van der Waals surface area contributed by atoms with E-state index in [0.717, 1.165) is 72.1 Å². The van der Waals surface area contributed by atoms with Crippen molar-refractivity contribution >= 4 is 72.0 Å². The first kappa shape index (κ1) is 30.3. The Morgan fingerprint density at radius 2 is 0.944 bits per heavy atom. The molecule has 3 aromatic heterocycles. The van der Waals surface area contributed by atoms with Crippen molar-refractivity contribution in [2.24, 2.45) is 0 Å². The maximum absolute atomic E-state index is 6.82. The predicted octanol–water partition coefficient (Wildman–Crippen LogP) is 14.1. The lowest BCUT2D eigenvalue weighted by Crippen LogP contribution is -2.11. The number of furan rings is 2. The summed E-state index contributed by atoms with van der Waals surface area (Å²) in [6.07, 6.45) is 0. The first-order valence-electron chi connectivity index (χ1n) is 18.0. The lowest BCUT2D eigenvalue weighted by atomic mass is 9.94. The molecule has 0 fully saturated rings. The smallest absolute Gasteiger partial charge is 0.227 e. The highest BCUT2D eigenvalue weighted by Crippen LogP contribution is 2.49. The molecule has 3 heterocycles. The molecule has 254 valence electrons. The molecule has 5 nitrogen and oxygen atoms in total. The van der Waals surface area contributed by atoms with Crippen molar-refractivity contribution in [1.82, 2.24) is 4.98 Å². The van der Waals surface area contributed by atoms with Crippen LogP contribution in [-0.4, -0.2) is 4.98 Å². The summed E-state index contributed by atoms with van der Waals surface area (Å²) in [5.41, 5.74) is 12.9. The Morgan fingerprint density at radius 1 is 0.389 bits per heavy atom. The number of hydrogen-bond donors (Lipinski definition) is 0. The topological polar surface area (TPSA) is 55.6 Å². The SMILES string of the molecule is c1ccc(-c2nc3cc4oc5ccccc5c4c(N(c4ccc(-c5ccccc5-c5ccccc5)cc4)c4ccc5oc6ccccc6c5c4)c3o2)cc1. The standard InChI is InChI=1S/C49H30N2O3/c1-3-13-31(14-4-1)36-17-7-8-18-37(36)32-23-25-34(26-24-32)51(35-27-28-44-40(29-35)38-19-9-11-21-42(38)52-44)47-46-39-20-10-12-22-43(39)53-45(46)30-41-48(47)54-49(50-41)33-15-5-2-6-16-33/h1-30H. The Bertz CT molecular complexity index is 3160. The summed E-state index contributed by atoms with van der Waals surface area (Å²) in [4.78, 5) is 7.32. The molecule has 0 aliphatic rings.